The molecule has 5 nitrogen and oxygen atoms in total. The summed E-state index contributed by atoms with van der Waals surface area (Å²) < 4.78 is 0. The molecule has 2 fully saturated rings. The van der Waals surface area contributed by atoms with Crippen molar-refractivity contribution in [2.45, 2.75) is 18.9 Å². The number of amides is 1. The maximum atomic E-state index is 13.4. The van der Waals surface area contributed by atoms with Crippen molar-refractivity contribution in [1.29, 1.82) is 0 Å². The Morgan fingerprint density at radius 2 is 1.63 bits per heavy atom. The van der Waals surface area contributed by atoms with E-state index in [4.69, 9.17) is 11.6 Å². The Labute approximate surface area is 165 Å². The van der Waals surface area contributed by atoms with Crippen LogP contribution in [0.1, 0.15) is 24.4 Å². The highest BCUT2D eigenvalue weighted by atomic mass is 35.5. The predicted molar refractivity (Wildman–Crippen MR) is 108 cm³/mol. The molecule has 4 rings (SSSR count). The van der Waals surface area contributed by atoms with Gasteiger partial charge < -0.3 is 9.80 Å². The highest BCUT2D eigenvalue weighted by Gasteiger charge is 2.34. The van der Waals surface area contributed by atoms with Gasteiger partial charge in [-0.2, -0.15) is 0 Å². The van der Waals surface area contributed by atoms with Crippen LogP contribution < -0.4 is 4.90 Å². The Morgan fingerprint density at radius 1 is 0.926 bits per heavy atom. The minimum Gasteiger partial charge on any atom is -0.352 e. The van der Waals surface area contributed by atoms with E-state index in [-0.39, 0.29) is 11.9 Å². The lowest BCUT2D eigenvalue weighted by atomic mass is 10.0. The molecule has 0 spiro atoms. The topological polar surface area (TPSA) is 39.7 Å². The fourth-order valence-corrected chi connectivity index (χ4v) is 4.31. The predicted octanol–water partition coefficient (Wildman–Crippen LogP) is 3.22. The lowest BCUT2D eigenvalue weighted by Gasteiger charge is -2.39. The van der Waals surface area contributed by atoms with Crippen molar-refractivity contribution in [3.05, 3.63) is 59.2 Å². The van der Waals surface area contributed by atoms with Crippen molar-refractivity contribution in [2.24, 2.45) is 0 Å². The molecule has 27 heavy (non-hydrogen) atoms. The quantitative estimate of drug-likeness (QED) is 0.811. The number of hydrogen-bond donors (Lipinski definition) is 0. The summed E-state index contributed by atoms with van der Waals surface area (Å²) in [5.41, 5.74) is 1.10. The van der Waals surface area contributed by atoms with Gasteiger partial charge in [0.1, 0.15) is 11.9 Å². The van der Waals surface area contributed by atoms with E-state index in [1.165, 1.54) is 12.8 Å². The normalized spacial score (nSPS) is 19.3. The van der Waals surface area contributed by atoms with Crippen molar-refractivity contribution >= 4 is 23.3 Å². The van der Waals surface area contributed by atoms with Crippen molar-refractivity contribution < 1.29 is 4.79 Å². The second-order valence-corrected chi connectivity index (χ2v) is 7.58. The molecule has 2 aliphatic rings. The van der Waals surface area contributed by atoms with Gasteiger partial charge in [-0.05, 0) is 43.6 Å². The van der Waals surface area contributed by atoms with Gasteiger partial charge in [-0.15, -0.1) is 0 Å². The van der Waals surface area contributed by atoms with Gasteiger partial charge in [-0.25, -0.2) is 4.98 Å². The average molecular weight is 385 g/mol. The fourth-order valence-electron chi connectivity index (χ4n) is 4.07. The minimum absolute atomic E-state index is 0.168. The van der Waals surface area contributed by atoms with Gasteiger partial charge in [0.15, 0.2) is 0 Å². The highest BCUT2D eigenvalue weighted by molar-refractivity contribution is 6.32. The van der Waals surface area contributed by atoms with Crippen LogP contribution in [0.3, 0.4) is 0 Å². The number of likely N-dealkylation sites (tertiary alicyclic amines) is 1. The van der Waals surface area contributed by atoms with E-state index < -0.39 is 0 Å². The number of benzene rings is 1. The van der Waals surface area contributed by atoms with Crippen molar-refractivity contribution in [3.8, 4) is 0 Å². The molecule has 1 atom stereocenters. The molecule has 0 saturated carbocycles. The first-order chi connectivity index (χ1) is 13.2. The number of piperazine rings is 1. The molecule has 6 heteroatoms. The van der Waals surface area contributed by atoms with Gasteiger partial charge in [0.05, 0.1) is 5.02 Å². The first-order valence-electron chi connectivity index (χ1n) is 9.67. The number of aromatic nitrogens is 1. The molecule has 0 aliphatic carbocycles. The molecule has 1 aromatic carbocycles. The molecule has 2 saturated heterocycles. The number of halogens is 1. The molecular weight excluding hydrogens is 360 g/mol. The summed E-state index contributed by atoms with van der Waals surface area (Å²) in [7, 11) is 0. The Balaban J connectivity index is 1.47. The molecule has 3 heterocycles. The average Bonchev–Trinajstić information content (AvgIpc) is 3.24. The Hall–Kier alpha value is -2.11. The second-order valence-electron chi connectivity index (χ2n) is 7.18. The lowest BCUT2D eigenvalue weighted by molar-refractivity contribution is -0.137. The van der Waals surface area contributed by atoms with Crippen LogP contribution in [0.2, 0.25) is 5.02 Å². The van der Waals surface area contributed by atoms with Gasteiger partial charge in [0.2, 0.25) is 5.91 Å². The number of pyridine rings is 1. The number of nitrogens with zero attached hydrogens (tertiary/aromatic N) is 4. The van der Waals surface area contributed by atoms with Crippen LogP contribution in [-0.2, 0) is 4.79 Å². The molecule has 0 N–H and O–H groups in total. The summed E-state index contributed by atoms with van der Waals surface area (Å²) in [6, 6.07) is 13.7. The SMILES string of the molecule is O=C(C(c1ccccc1)N1CCCC1)N1CCN(c2ncccc2Cl)CC1. The maximum absolute atomic E-state index is 13.4. The van der Waals surface area contributed by atoms with Crippen LogP contribution in [0, 0.1) is 0 Å². The number of rotatable bonds is 4. The van der Waals surface area contributed by atoms with Crippen molar-refractivity contribution in [3.63, 3.8) is 0 Å². The third-order valence-electron chi connectivity index (χ3n) is 5.48. The van der Waals surface area contributed by atoms with Crippen LogP contribution in [0.25, 0.3) is 0 Å². The standard InChI is InChI=1S/C21H25ClN4O/c22-18-9-6-10-23-20(18)25-13-15-26(16-14-25)21(27)19(24-11-4-5-12-24)17-7-2-1-3-8-17/h1-3,6-10,19H,4-5,11-16H2. The number of carbonyl (C=O) groups is 1. The molecular formula is C21H25ClN4O. The van der Waals surface area contributed by atoms with Gasteiger partial charge in [0, 0.05) is 32.4 Å². The van der Waals surface area contributed by atoms with Gasteiger partial charge in [-0.3, -0.25) is 9.69 Å². The van der Waals surface area contributed by atoms with Crippen molar-refractivity contribution in [2.75, 3.05) is 44.2 Å². The summed E-state index contributed by atoms with van der Waals surface area (Å²) in [6.07, 6.45) is 4.10. The third-order valence-corrected chi connectivity index (χ3v) is 5.78. The van der Waals surface area contributed by atoms with Gasteiger partial charge in [-0.1, -0.05) is 41.9 Å². The zero-order valence-corrected chi connectivity index (χ0v) is 16.2. The van der Waals surface area contributed by atoms with Crippen LogP contribution in [-0.4, -0.2) is 60.0 Å². The third kappa shape index (κ3) is 3.94. The van der Waals surface area contributed by atoms with E-state index in [9.17, 15) is 4.79 Å². The van der Waals surface area contributed by atoms with E-state index in [1.54, 1.807) is 6.20 Å². The Bertz CT molecular complexity index is 771. The molecule has 0 radical (unpaired) electrons. The summed E-state index contributed by atoms with van der Waals surface area (Å²) in [5, 5.41) is 0.663. The zero-order valence-electron chi connectivity index (χ0n) is 15.4. The van der Waals surface area contributed by atoms with E-state index in [1.807, 2.05) is 35.2 Å². The van der Waals surface area contributed by atoms with Crippen LogP contribution in [0.4, 0.5) is 5.82 Å². The van der Waals surface area contributed by atoms with Crippen LogP contribution in [0.15, 0.2) is 48.7 Å². The van der Waals surface area contributed by atoms with Gasteiger partial charge >= 0.3 is 0 Å². The minimum atomic E-state index is -0.168. The summed E-state index contributed by atoms with van der Waals surface area (Å²) in [6.45, 7) is 4.89. The van der Waals surface area contributed by atoms with Crippen molar-refractivity contribution in [1.82, 2.24) is 14.8 Å². The lowest BCUT2D eigenvalue weighted by Crippen LogP contribution is -2.52. The molecule has 2 aromatic rings. The first kappa shape index (κ1) is 18.3. The Morgan fingerprint density at radius 3 is 2.30 bits per heavy atom. The molecule has 1 aromatic heterocycles. The summed E-state index contributed by atoms with van der Waals surface area (Å²) in [5.74, 6) is 1.03. The molecule has 2 aliphatic heterocycles. The monoisotopic (exact) mass is 384 g/mol. The fraction of sp³-hybridized carbons (Fsp3) is 0.429. The zero-order chi connectivity index (χ0) is 18.6. The second kappa shape index (κ2) is 8.28. The number of carbonyl (C=O) groups excluding carboxylic acids is 1. The summed E-state index contributed by atoms with van der Waals surface area (Å²) in [4.78, 5) is 24.3. The highest BCUT2D eigenvalue weighted by Crippen LogP contribution is 2.28. The van der Waals surface area contributed by atoms with E-state index in [0.29, 0.717) is 18.1 Å². The Kier molecular flexibility index (Phi) is 5.60. The number of anilines is 1. The maximum Gasteiger partial charge on any atom is 0.244 e. The molecule has 1 amide bonds. The smallest absolute Gasteiger partial charge is 0.244 e. The van der Waals surface area contributed by atoms with E-state index >= 15 is 0 Å². The van der Waals surface area contributed by atoms with E-state index in [0.717, 1.165) is 37.6 Å². The summed E-state index contributed by atoms with van der Waals surface area (Å²) >= 11 is 6.28. The van der Waals surface area contributed by atoms with Crippen LogP contribution >= 0.6 is 11.6 Å². The van der Waals surface area contributed by atoms with Gasteiger partial charge in [0.25, 0.3) is 0 Å². The molecule has 142 valence electrons. The van der Waals surface area contributed by atoms with E-state index in [2.05, 4.69) is 26.9 Å². The van der Waals surface area contributed by atoms with Crippen LogP contribution in [0.5, 0.6) is 0 Å². The number of hydrogen-bond acceptors (Lipinski definition) is 4. The largest absolute Gasteiger partial charge is 0.352 e. The molecule has 0 bridgehead atoms. The molecule has 1 unspecified atom stereocenters. The first-order valence-corrected chi connectivity index (χ1v) is 10.0.